The third-order valence-corrected chi connectivity index (χ3v) is 4.74. The van der Waals surface area contributed by atoms with Crippen LogP contribution in [0.4, 0.5) is 5.69 Å². The van der Waals surface area contributed by atoms with Crippen LogP contribution in [0.15, 0.2) is 45.5 Å². The Hall–Kier alpha value is -1.50. The molecule has 1 aromatic heterocycles. The van der Waals surface area contributed by atoms with Crippen molar-refractivity contribution in [3.05, 3.63) is 51.0 Å². The zero-order chi connectivity index (χ0) is 16.4. The number of aromatic amines is 1. The maximum Gasteiger partial charge on any atom is 0.155 e. The Balaban J connectivity index is 1.95. The number of rotatable bonds is 5. The first-order chi connectivity index (χ1) is 11.1. The molecule has 6 heteroatoms. The number of hydrogen-bond donors (Lipinski definition) is 2. The minimum absolute atomic E-state index is 0.722. The number of fused-ring (bicyclic) bond motifs is 1. The molecule has 23 heavy (non-hydrogen) atoms. The molecule has 0 aliphatic carbocycles. The Labute approximate surface area is 151 Å². The van der Waals surface area contributed by atoms with Crippen LogP contribution in [0.5, 0.6) is 11.5 Å². The lowest BCUT2D eigenvalue weighted by Gasteiger charge is -2.12. The molecular formula is C17H16Br2N2O2. The fraction of sp³-hybridized carbons (Fsp3) is 0.176. The van der Waals surface area contributed by atoms with E-state index in [0.717, 1.165) is 38.1 Å². The lowest BCUT2D eigenvalue weighted by Crippen LogP contribution is -1.96. The SMILES string of the molecule is CCc1c[nH]c2ccc(Oc3c(Br)cc(NOC)cc3Br)cc12. The number of aromatic nitrogens is 1. The van der Waals surface area contributed by atoms with Crippen molar-refractivity contribution in [1.29, 1.82) is 0 Å². The second-order valence-corrected chi connectivity index (χ2v) is 6.76. The first-order valence-corrected chi connectivity index (χ1v) is 8.77. The monoisotopic (exact) mass is 438 g/mol. The van der Waals surface area contributed by atoms with Crippen molar-refractivity contribution in [3.8, 4) is 11.5 Å². The normalized spacial score (nSPS) is 11.0. The summed E-state index contributed by atoms with van der Waals surface area (Å²) in [5.74, 6) is 1.51. The average Bonchev–Trinajstić information content (AvgIpc) is 2.93. The van der Waals surface area contributed by atoms with Gasteiger partial charge < -0.3 is 9.72 Å². The fourth-order valence-corrected chi connectivity index (χ4v) is 3.81. The highest BCUT2D eigenvalue weighted by atomic mass is 79.9. The molecule has 0 fully saturated rings. The quantitative estimate of drug-likeness (QED) is 0.477. The van der Waals surface area contributed by atoms with Crippen LogP contribution in [-0.2, 0) is 11.3 Å². The van der Waals surface area contributed by atoms with Crippen molar-refractivity contribution in [1.82, 2.24) is 4.98 Å². The minimum Gasteiger partial charge on any atom is -0.455 e. The summed E-state index contributed by atoms with van der Waals surface area (Å²) in [4.78, 5) is 8.20. The van der Waals surface area contributed by atoms with Gasteiger partial charge in [-0.3, -0.25) is 10.3 Å². The van der Waals surface area contributed by atoms with Crippen molar-refractivity contribution in [2.24, 2.45) is 0 Å². The van der Waals surface area contributed by atoms with Gasteiger partial charge in [-0.2, -0.15) is 0 Å². The van der Waals surface area contributed by atoms with Gasteiger partial charge >= 0.3 is 0 Å². The maximum atomic E-state index is 6.07. The van der Waals surface area contributed by atoms with Crippen LogP contribution >= 0.6 is 31.9 Å². The molecule has 4 nitrogen and oxygen atoms in total. The Morgan fingerprint density at radius 1 is 1.13 bits per heavy atom. The molecule has 1 heterocycles. The van der Waals surface area contributed by atoms with E-state index in [2.05, 4.69) is 55.3 Å². The van der Waals surface area contributed by atoms with Crippen LogP contribution in [0, 0.1) is 0 Å². The number of hydrogen-bond acceptors (Lipinski definition) is 3. The summed E-state index contributed by atoms with van der Waals surface area (Å²) in [6.07, 6.45) is 3.03. The van der Waals surface area contributed by atoms with E-state index in [9.17, 15) is 0 Å². The first-order valence-electron chi connectivity index (χ1n) is 7.18. The van der Waals surface area contributed by atoms with Gasteiger partial charge in [0.1, 0.15) is 5.75 Å². The zero-order valence-electron chi connectivity index (χ0n) is 12.7. The highest BCUT2D eigenvalue weighted by Crippen LogP contribution is 2.39. The number of benzene rings is 2. The standard InChI is InChI=1S/C17H16Br2N2O2/c1-3-10-9-20-16-5-4-12(8-13(10)16)23-17-14(18)6-11(21-22-2)7-15(17)19/h4-9,20-21H,3H2,1-2H3. The van der Waals surface area contributed by atoms with E-state index in [4.69, 9.17) is 9.57 Å². The summed E-state index contributed by atoms with van der Waals surface area (Å²) in [5, 5.41) is 1.19. The topological polar surface area (TPSA) is 46.3 Å². The molecule has 0 radical (unpaired) electrons. The molecule has 3 aromatic rings. The lowest BCUT2D eigenvalue weighted by molar-refractivity contribution is 0.271. The molecule has 0 atom stereocenters. The summed E-state index contributed by atoms with van der Waals surface area (Å²) in [7, 11) is 1.57. The second-order valence-electron chi connectivity index (χ2n) is 5.05. The van der Waals surface area contributed by atoms with E-state index in [1.54, 1.807) is 7.11 Å². The zero-order valence-corrected chi connectivity index (χ0v) is 15.9. The Morgan fingerprint density at radius 3 is 2.52 bits per heavy atom. The number of ether oxygens (including phenoxy) is 1. The summed E-state index contributed by atoms with van der Waals surface area (Å²) in [6, 6.07) is 9.85. The molecule has 0 unspecified atom stereocenters. The van der Waals surface area contributed by atoms with Crippen molar-refractivity contribution in [2.75, 3.05) is 12.6 Å². The Morgan fingerprint density at radius 2 is 1.87 bits per heavy atom. The van der Waals surface area contributed by atoms with Crippen LogP contribution in [-0.4, -0.2) is 12.1 Å². The van der Waals surface area contributed by atoms with Crippen LogP contribution in [0.2, 0.25) is 0 Å². The number of anilines is 1. The minimum atomic E-state index is 0.722. The molecule has 0 spiro atoms. The van der Waals surface area contributed by atoms with Crippen LogP contribution in [0.25, 0.3) is 10.9 Å². The van der Waals surface area contributed by atoms with Gasteiger partial charge in [0.05, 0.1) is 21.7 Å². The Kier molecular flexibility index (Phi) is 4.94. The molecule has 0 saturated heterocycles. The largest absolute Gasteiger partial charge is 0.455 e. The van der Waals surface area contributed by atoms with Gasteiger partial charge in [-0.1, -0.05) is 6.92 Å². The summed E-state index contributed by atoms with van der Waals surface area (Å²) < 4.78 is 7.73. The van der Waals surface area contributed by atoms with Crippen molar-refractivity contribution < 1.29 is 9.57 Å². The predicted molar refractivity (Wildman–Crippen MR) is 100 cm³/mol. The van der Waals surface area contributed by atoms with E-state index in [1.807, 2.05) is 30.5 Å². The third kappa shape index (κ3) is 3.39. The molecular weight excluding hydrogens is 424 g/mol. The maximum absolute atomic E-state index is 6.07. The van der Waals surface area contributed by atoms with Crippen molar-refractivity contribution in [2.45, 2.75) is 13.3 Å². The molecule has 2 aromatic carbocycles. The average molecular weight is 440 g/mol. The molecule has 3 rings (SSSR count). The highest BCUT2D eigenvalue weighted by Gasteiger charge is 2.11. The molecule has 0 aliphatic rings. The number of H-pyrrole nitrogens is 1. The van der Waals surface area contributed by atoms with Gasteiger partial charge in [0.25, 0.3) is 0 Å². The van der Waals surface area contributed by atoms with Gasteiger partial charge in [0.2, 0.25) is 0 Å². The van der Waals surface area contributed by atoms with E-state index >= 15 is 0 Å². The van der Waals surface area contributed by atoms with E-state index < -0.39 is 0 Å². The van der Waals surface area contributed by atoms with Crippen molar-refractivity contribution >= 4 is 48.5 Å². The van der Waals surface area contributed by atoms with Crippen molar-refractivity contribution in [3.63, 3.8) is 0 Å². The molecule has 0 amide bonds. The number of halogens is 2. The Bertz CT molecular complexity index is 823. The summed E-state index contributed by atoms with van der Waals surface area (Å²) in [6.45, 7) is 2.14. The smallest absolute Gasteiger partial charge is 0.155 e. The van der Waals surface area contributed by atoms with Gasteiger partial charge in [-0.15, -0.1) is 0 Å². The molecule has 0 aliphatic heterocycles. The molecule has 0 saturated carbocycles. The highest BCUT2D eigenvalue weighted by molar-refractivity contribution is 9.11. The lowest BCUT2D eigenvalue weighted by atomic mass is 10.1. The van der Waals surface area contributed by atoms with Crippen LogP contribution in [0.3, 0.4) is 0 Å². The fourth-order valence-electron chi connectivity index (χ4n) is 2.47. The van der Waals surface area contributed by atoms with E-state index in [0.29, 0.717) is 0 Å². The van der Waals surface area contributed by atoms with Crippen LogP contribution < -0.4 is 10.2 Å². The number of aryl methyl sites for hydroxylation is 1. The van der Waals surface area contributed by atoms with Crippen LogP contribution in [0.1, 0.15) is 12.5 Å². The molecule has 120 valence electrons. The second kappa shape index (κ2) is 6.95. The summed E-state index contributed by atoms with van der Waals surface area (Å²) >= 11 is 7.08. The van der Waals surface area contributed by atoms with Gasteiger partial charge in [-0.05, 0) is 74.2 Å². The first kappa shape index (κ1) is 16.4. The van der Waals surface area contributed by atoms with Gasteiger partial charge in [-0.25, -0.2) is 0 Å². The predicted octanol–water partition coefficient (Wildman–Crippen LogP) is 6.02. The third-order valence-electron chi connectivity index (χ3n) is 3.56. The van der Waals surface area contributed by atoms with Gasteiger partial charge in [0, 0.05) is 17.1 Å². The van der Waals surface area contributed by atoms with E-state index in [-0.39, 0.29) is 0 Å². The summed E-state index contributed by atoms with van der Waals surface area (Å²) in [5.41, 5.74) is 6.02. The molecule has 2 N–H and O–H groups in total. The number of nitrogens with one attached hydrogen (secondary N) is 2. The van der Waals surface area contributed by atoms with E-state index in [1.165, 1.54) is 10.9 Å². The van der Waals surface area contributed by atoms with Gasteiger partial charge in [0.15, 0.2) is 5.75 Å². The molecule has 0 bridgehead atoms.